The number of ether oxygens (including phenoxy) is 1. The molecule has 1 fully saturated rings. The highest BCUT2D eigenvalue weighted by molar-refractivity contribution is 5.83. The fourth-order valence-electron chi connectivity index (χ4n) is 3.14. The number of carbonyl (C=O) groups is 1. The minimum Gasteiger partial charge on any atom is -0.489 e. The van der Waals surface area contributed by atoms with Crippen LogP contribution in [0.3, 0.4) is 0 Å². The first-order chi connectivity index (χ1) is 12.8. The lowest BCUT2D eigenvalue weighted by atomic mass is 10.0. The number of carbonyl (C=O) groups excluding carboxylic acids is 1. The largest absolute Gasteiger partial charge is 0.489 e. The van der Waals surface area contributed by atoms with E-state index >= 15 is 0 Å². The maximum Gasteiger partial charge on any atom is 0.416 e. The van der Waals surface area contributed by atoms with Crippen molar-refractivity contribution in [1.29, 1.82) is 0 Å². The smallest absolute Gasteiger partial charge is 0.416 e. The Morgan fingerprint density at radius 3 is 2.52 bits per heavy atom. The lowest BCUT2D eigenvalue weighted by Crippen LogP contribution is -2.32. The minimum absolute atomic E-state index is 0.0969. The summed E-state index contributed by atoms with van der Waals surface area (Å²) in [6, 6.07) is 11.3. The Morgan fingerprint density at radius 2 is 1.81 bits per heavy atom. The molecule has 7 heteroatoms. The highest BCUT2D eigenvalue weighted by Gasteiger charge is 2.48. The number of halogens is 4. The first-order valence-corrected chi connectivity index (χ1v) is 8.57. The Hall–Kier alpha value is -2.57. The Labute approximate surface area is 154 Å². The molecule has 0 aromatic heterocycles. The highest BCUT2D eigenvalue weighted by Crippen LogP contribution is 2.51. The summed E-state index contributed by atoms with van der Waals surface area (Å²) in [5.41, 5.74) is -0.518. The second-order valence-electron chi connectivity index (χ2n) is 6.57. The standard InChI is InChI=1S/C20H19F4NO2/c1-25(10-11-27-18-9-5-4-8-17(18)21)19(26)15-12-14(15)13-6-2-3-7-16(13)20(22,23)24/h2-9,14-15H,10-12H2,1H3. The Kier molecular flexibility index (Phi) is 5.39. The van der Waals surface area contributed by atoms with Crippen LogP contribution in [-0.2, 0) is 11.0 Å². The van der Waals surface area contributed by atoms with Crippen molar-refractivity contribution in [2.24, 2.45) is 5.92 Å². The molecule has 3 rings (SSSR count). The number of nitrogens with zero attached hydrogens (tertiary/aromatic N) is 1. The molecule has 1 saturated carbocycles. The van der Waals surface area contributed by atoms with E-state index in [1.54, 1.807) is 25.2 Å². The molecule has 0 saturated heterocycles. The summed E-state index contributed by atoms with van der Waals surface area (Å²) in [6.07, 6.45) is -4.04. The quantitative estimate of drug-likeness (QED) is 0.691. The van der Waals surface area contributed by atoms with Gasteiger partial charge in [-0.05, 0) is 36.1 Å². The monoisotopic (exact) mass is 381 g/mol. The number of benzene rings is 2. The average molecular weight is 381 g/mol. The normalized spacial score (nSPS) is 18.9. The van der Waals surface area contributed by atoms with Gasteiger partial charge in [0.25, 0.3) is 0 Å². The predicted molar refractivity (Wildman–Crippen MR) is 91.8 cm³/mol. The van der Waals surface area contributed by atoms with Gasteiger partial charge in [0.15, 0.2) is 11.6 Å². The molecular weight excluding hydrogens is 362 g/mol. The van der Waals surface area contributed by atoms with Gasteiger partial charge in [0.1, 0.15) is 6.61 Å². The molecule has 2 aromatic rings. The zero-order chi connectivity index (χ0) is 19.6. The third-order valence-corrected chi connectivity index (χ3v) is 4.67. The van der Waals surface area contributed by atoms with Crippen LogP contribution in [-0.4, -0.2) is 31.0 Å². The van der Waals surface area contributed by atoms with Crippen LogP contribution in [0, 0.1) is 11.7 Å². The van der Waals surface area contributed by atoms with Crippen LogP contribution in [0.4, 0.5) is 17.6 Å². The van der Waals surface area contributed by atoms with E-state index in [1.807, 2.05) is 0 Å². The van der Waals surface area contributed by atoms with Crippen LogP contribution in [0.15, 0.2) is 48.5 Å². The van der Waals surface area contributed by atoms with Crippen LogP contribution in [0.1, 0.15) is 23.5 Å². The number of hydrogen-bond donors (Lipinski definition) is 0. The zero-order valence-corrected chi connectivity index (χ0v) is 14.7. The molecule has 1 amide bonds. The zero-order valence-electron chi connectivity index (χ0n) is 14.7. The van der Waals surface area contributed by atoms with Crippen molar-refractivity contribution in [2.75, 3.05) is 20.2 Å². The van der Waals surface area contributed by atoms with E-state index in [0.29, 0.717) is 6.42 Å². The topological polar surface area (TPSA) is 29.5 Å². The van der Waals surface area contributed by atoms with Gasteiger partial charge in [0.2, 0.25) is 5.91 Å². The van der Waals surface area contributed by atoms with Gasteiger partial charge in [-0.25, -0.2) is 4.39 Å². The molecule has 2 unspecified atom stereocenters. The first-order valence-electron chi connectivity index (χ1n) is 8.57. The molecule has 2 aromatic carbocycles. The van der Waals surface area contributed by atoms with Gasteiger partial charge in [0.05, 0.1) is 12.1 Å². The number of rotatable bonds is 6. The summed E-state index contributed by atoms with van der Waals surface area (Å²) in [7, 11) is 1.57. The van der Waals surface area contributed by atoms with Crippen LogP contribution < -0.4 is 4.74 Å². The summed E-state index contributed by atoms with van der Waals surface area (Å²) in [4.78, 5) is 13.9. The number of alkyl halides is 3. The average Bonchev–Trinajstić information content (AvgIpc) is 3.42. The van der Waals surface area contributed by atoms with Gasteiger partial charge < -0.3 is 9.64 Å². The maximum atomic E-state index is 13.5. The first kappa shape index (κ1) is 19.2. The summed E-state index contributed by atoms with van der Waals surface area (Å²) in [5, 5.41) is 0. The van der Waals surface area contributed by atoms with E-state index in [2.05, 4.69) is 0 Å². The molecule has 0 heterocycles. The van der Waals surface area contributed by atoms with Gasteiger partial charge in [-0.15, -0.1) is 0 Å². The van der Waals surface area contributed by atoms with Gasteiger partial charge in [-0.1, -0.05) is 30.3 Å². The van der Waals surface area contributed by atoms with E-state index in [9.17, 15) is 22.4 Å². The number of para-hydroxylation sites is 1. The van der Waals surface area contributed by atoms with E-state index in [0.717, 1.165) is 6.07 Å². The van der Waals surface area contributed by atoms with Crippen molar-refractivity contribution in [3.8, 4) is 5.75 Å². The second kappa shape index (κ2) is 7.58. The Balaban J connectivity index is 1.56. The predicted octanol–water partition coefficient (Wildman–Crippen LogP) is 4.49. The molecule has 0 spiro atoms. The van der Waals surface area contributed by atoms with Gasteiger partial charge >= 0.3 is 6.18 Å². The molecular formula is C20H19F4NO2. The van der Waals surface area contributed by atoms with Crippen molar-refractivity contribution >= 4 is 5.91 Å². The van der Waals surface area contributed by atoms with E-state index in [-0.39, 0.29) is 30.4 Å². The second-order valence-corrected chi connectivity index (χ2v) is 6.57. The third kappa shape index (κ3) is 4.40. The SMILES string of the molecule is CN(CCOc1ccccc1F)C(=O)C1CC1c1ccccc1C(F)(F)F. The summed E-state index contributed by atoms with van der Waals surface area (Å²) in [6.45, 7) is 0.316. The van der Waals surface area contributed by atoms with Crippen molar-refractivity contribution in [1.82, 2.24) is 4.90 Å². The molecule has 0 N–H and O–H groups in total. The van der Waals surface area contributed by atoms with Crippen LogP contribution in [0.25, 0.3) is 0 Å². The lowest BCUT2D eigenvalue weighted by molar-refractivity contribution is -0.138. The molecule has 2 atom stereocenters. The molecule has 0 bridgehead atoms. The summed E-state index contributed by atoms with van der Waals surface area (Å²) in [5.74, 6) is -1.51. The molecule has 3 nitrogen and oxygen atoms in total. The Bertz CT molecular complexity index is 822. The van der Waals surface area contributed by atoms with Crippen molar-refractivity contribution in [2.45, 2.75) is 18.5 Å². The third-order valence-electron chi connectivity index (χ3n) is 4.67. The van der Waals surface area contributed by atoms with E-state index in [1.165, 1.54) is 29.2 Å². The van der Waals surface area contributed by atoms with Crippen LogP contribution in [0.2, 0.25) is 0 Å². The fraction of sp³-hybridized carbons (Fsp3) is 0.350. The molecule has 27 heavy (non-hydrogen) atoms. The Morgan fingerprint density at radius 1 is 1.15 bits per heavy atom. The lowest BCUT2D eigenvalue weighted by Gasteiger charge is -2.18. The van der Waals surface area contributed by atoms with Crippen LogP contribution in [0.5, 0.6) is 5.75 Å². The van der Waals surface area contributed by atoms with Gasteiger partial charge in [-0.2, -0.15) is 13.2 Å². The van der Waals surface area contributed by atoms with Gasteiger partial charge in [-0.3, -0.25) is 4.79 Å². The summed E-state index contributed by atoms with van der Waals surface area (Å²) >= 11 is 0. The van der Waals surface area contributed by atoms with Crippen molar-refractivity contribution in [3.05, 3.63) is 65.5 Å². The van der Waals surface area contributed by atoms with Crippen LogP contribution >= 0.6 is 0 Å². The molecule has 1 aliphatic rings. The number of hydrogen-bond acceptors (Lipinski definition) is 2. The minimum atomic E-state index is -4.44. The fourth-order valence-corrected chi connectivity index (χ4v) is 3.14. The van der Waals surface area contributed by atoms with Gasteiger partial charge in [0, 0.05) is 13.0 Å². The molecule has 1 aliphatic carbocycles. The van der Waals surface area contributed by atoms with E-state index < -0.39 is 29.4 Å². The number of likely N-dealkylation sites (N-methyl/N-ethyl adjacent to an activating group) is 1. The summed E-state index contributed by atoms with van der Waals surface area (Å²) < 4.78 is 58.2. The molecule has 0 aliphatic heterocycles. The van der Waals surface area contributed by atoms with Crippen molar-refractivity contribution in [3.63, 3.8) is 0 Å². The molecule has 144 valence electrons. The highest BCUT2D eigenvalue weighted by atomic mass is 19.4. The number of amides is 1. The van der Waals surface area contributed by atoms with E-state index in [4.69, 9.17) is 4.74 Å². The maximum absolute atomic E-state index is 13.5. The molecule has 0 radical (unpaired) electrons. The van der Waals surface area contributed by atoms with Crippen molar-refractivity contribution < 1.29 is 27.1 Å².